The molecular formula is C19H16ClNO5. The molecule has 6 nitrogen and oxygen atoms in total. The topological polar surface area (TPSA) is 83.9 Å². The minimum atomic E-state index is -0.813. The standard InChI is InChI=1S/C19H16ClNO5/c20-13-5-8-15(16(22)10-13)19(25)26-11-17(23)12-3-6-14(7-4-12)21-9-1-2-18(21)24/h3-8,10,22H,1-2,9,11H2. The maximum absolute atomic E-state index is 12.2. The van der Waals surface area contributed by atoms with Gasteiger partial charge in [-0.2, -0.15) is 0 Å². The quantitative estimate of drug-likeness (QED) is 0.642. The lowest BCUT2D eigenvalue weighted by Crippen LogP contribution is -2.23. The first-order valence-electron chi connectivity index (χ1n) is 8.05. The van der Waals surface area contributed by atoms with Gasteiger partial charge in [-0.1, -0.05) is 11.6 Å². The summed E-state index contributed by atoms with van der Waals surface area (Å²) >= 11 is 5.71. The lowest BCUT2D eigenvalue weighted by Gasteiger charge is -2.15. The molecule has 1 heterocycles. The van der Waals surface area contributed by atoms with Crippen molar-refractivity contribution in [2.45, 2.75) is 12.8 Å². The number of phenols is 1. The first-order chi connectivity index (χ1) is 12.5. The van der Waals surface area contributed by atoms with Crippen molar-refractivity contribution in [2.75, 3.05) is 18.1 Å². The van der Waals surface area contributed by atoms with Gasteiger partial charge in [0, 0.05) is 29.2 Å². The second-order valence-corrected chi connectivity index (χ2v) is 6.29. The van der Waals surface area contributed by atoms with Gasteiger partial charge in [-0.05, 0) is 48.9 Å². The summed E-state index contributed by atoms with van der Waals surface area (Å²) in [6.07, 6.45) is 1.36. The van der Waals surface area contributed by atoms with Gasteiger partial charge >= 0.3 is 5.97 Å². The van der Waals surface area contributed by atoms with Gasteiger partial charge in [-0.25, -0.2) is 4.79 Å². The summed E-state index contributed by atoms with van der Waals surface area (Å²) in [4.78, 5) is 37.5. The number of ether oxygens (including phenoxy) is 1. The van der Waals surface area contributed by atoms with Crippen LogP contribution in [-0.2, 0) is 9.53 Å². The van der Waals surface area contributed by atoms with Crippen LogP contribution in [-0.4, -0.2) is 35.9 Å². The van der Waals surface area contributed by atoms with E-state index >= 15 is 0 Å². The smallest absolute Gasteiger partial charge is 0.342 e. The van der Waals surface area contributed by atoms with E-state index in [4.69, 9.17) is 16.3 Å². The molecule has 1 N–H and O–H groups in total. The summed E-state index contributed by atoms with van der Waals surface area (Å²) in [5.41, 5.74) is 1.05. The second kappa shape index (κ2) is 7.58. The predicted molar refractivity (Wildman–Crippen MR) is 95.8 cm³/mol. The Hall–Kier alpha value is -2.86. The van der Waals surface area contributed by atoms with Gasteiger partial charge in [0.15, 0.2) is 12.4 Å². The van der Waals surface area contributed by atoms with E-state index in [2.05, 4.69) is 0 Å². The number of ketones is 1. The van der Waals surface area contributed by atoms with E-state index in [-0.39, 0.29) is 28.0 Å². The fourth-order valence-electron chi connectivity index (χ4n) is 2.72. The highest BCUT2D eigenvalue weighted by atomic mass is 35.5. The second-order valence-electron chi connectivity index (χ2n) is 5.86. The molecule has 2 aromatic carbocycles. The summed E-state index contributed by atoms with van der Waals surface area (Å²) in [7, 11) is 0. The maximum atomic E-state index is 12.2. The molecule has 134 valence electrons. The fourth-order valence-corrected chi connectivity index (χ4v) is 2.88. The van der Waals surface area contributed by atoms with Crippen LogP contribution in [0, 0.1) is 0 Å². The van der Waals surface area contributed by atoms with Crippen LogP contribution in [0.15, 0.2) is 42.5 Å². The molecule has 0 radical (unpaired) electrons. The summed E-state index contributed by atoms with van der Waals surface area (Å²) in [6, 6.07) is 10.6. The number of rotatable bonds is 5. The van der Waals surface area contributed by atoms with Crippen LogP contribution in [0.4, 0.5) is 5.69 Å². The number of phenolic OH excluding ortho intramolecular Hbond substituents is 1. The minimum absolute atomic E-state index is 0.0647. The van der Waals surface area contributed by atoms with E-state index in [9.17, 15) is 19.5 Å². The van der Waals surface area contributed by atoms with E-state index in [1.165, 1.54) is 18.2 Å². The molecule has 0 spiro atoms. The van der Waals surface area contributed by atoms with Crippen molar-refractivity contribution in [1.29, 1.82) is 0 Å². The molecule has 0 atom stereocenters. The normalized spacial score (nSPS) is 13.7. The SMILES string of the molecule is O=C(COC(=O)c1ccc(Cl)cc1O)c1ccc(N2CCCC2=O)cc1. The summed E-state index contributed by atoms with van der Waals surface area (Å²) in [6.45, 7) is 0.219. The van der Waals surface area contributed by atoms with Crippen LogP contribution >= 0.6 is 11.6 Å². The van der Waals surface area contributed by atoms with Gasteiger partial charge in [0.25, 0.3) is 0 Å². The van der Waals surface area contributed by atoms with Crippen molar-refractivity contribution in [2.24, 2.45) is 0 Å². The fraction of sp³-hybridized carbons (Fsp3) is 0.211. The number of hydrogen-bond acceptors (Lipinski definition) is 5. The molecule has 0 aromatic heterocycles. The van der Waals surface area contributed by atoms with Crippen LogP contribution in [0.3, 0.4) is 0 Å². The number of Topliss-reactive ketones (excluding diaryl/α,β-unsaturated/α-hetero) is 1. The van der Waals surface area contributed by atoms with Crippen molar-refractivity contribution in [1.82, 2.24) is 0 Å². The van der Waals surface area contributed by atoms with E-state index < -0.39 is 12.6 Å². The third-order valence-electron chi connectivity index (χ3n) is 4.09. The molecule has 0 saturated carbocycles. The van der Waals surface area contributed by atoms with Gasteiger partial charge in [0.1, 0.15) is 11.3 Å². The van der Waals surface area contributed by atoms with Crippen LogP contribution < -0.4 is 4.90 Å². The summed E-state index contributed by atoms with van der Waals surface area (Å²) in [5.74, 6) is -1.44. The van der Waals surface area contributed by atoms with Crippen LogP contribution in [0.5, 0.6) is 5.75 Å². The highest BCUT2D eigenvalue weighted by Crippen LogP contribution is 2.23. The van der Waals surface area contributed by atoms with E-state index in [1.807, 2.05) is 0 Å². The number of benzene rings is 2. The number of halogens is 1. The van der Waals surface area contributed by atoms with E-state index in [0.717, 1.165) is 12.1 Å². The maximum Gasteiger partial charge on any atom is 0.342 e. The molecular weight excluding hydrogens is 358 g/mol. The minimum Gasteiger partial charge on any atom is -0.507 e. The molecule has 0 aliphatic carbocycles. The number of aromatic hydroxyl groups is 1. The Labute approximate surface area is 154 Å². The molecule has 1 amide bonds. The Balaban J connectivity index is 1.61. The van der Waals surface area contributed by atoms with Crippen molar-refractivity contribution in [3.63, 3.8) is 0 Å². The molecule has 0 unspecified atom stereocenters. The molecule has 1 aliphatic rings. The largest absolute Gasteiger partial charge is 0.507 e. The third-order valence-corrected chi connectivity index (χ3v) is 4.32. The van der Waals surface area contributed by atoms with Gasteiger partial charge in [0.2, 0.25) is 5.91 Å². The zero-order valence-corrected chi connectivity index (χ0v) is 14.5. The Morgan fingerprint density at radius 1 is 1.15 bits per heavy atom. The van der Waals surface area contributed by atoms with Gasteiger partial charge in [-0.3, -0.25) is 9.59 Å². The van der Waals surface area contributed by atoms with Crippen LogP contribution in [0.25, 0.3) is 0 Å². The molecule has 3 rings (SSSR count). The lowest BCUT2D eigenvalue weighted by molar-refractivity contribution is -0.117. The highest BCUT2D eigenvalue weighted by Gasteiger charge is 2.22. The molecule has 1 aliphatic heterocycles. The number of esters is 1. The molecule has 0 bridgehead atoms. The van der Waals surface area contributed by atoms with Gasteiger partial charge in [-0.15, -0.1) is 0 Å². The van der Waals surface area contributed by atoms with E-state index in [1.54, 1.807) is 29.2 Å². The average Bonchev–Trinajstić information content (AvgIpc) is 3.05. The number of anilines is 1. The summed E-state index contributed by atoms with van der Waals surface area (Å²) in [5, 5.41) is 9.98. The first kappa shape index (κ1) is 17.9. The molecule has 1 fully saturated rings. The third kappa shape index (κ3) is 3.86. The molecule has 2 aromatic rings. The zero-order chi connectivity index (χ0) is 18.7. The van der Waals surface area contributed by atoms with Crippen molar-refractivity contribution in [3.05, 3.63) is 58.6 Å². The Kier molecular flexibility index (Phi) is 5.23. The Morgan fingerprint density at radius 2 is 1.88 bits per heavy atom. The first-order valence-corrected chi connectivity index (χ1v) is 8.43. The zero-order valence-electron chi connectivity index (χ0n) is 13.8. The Bertz CT molecular complexity index is 863. The monoisotopic (exact) mass is 373 g/mol. The molecule has 1 saturated heterocycles. The predicted octanol–water partition coefficient (Wildman–Crippen LogP) is 3.21. The summed E-state index contributed by atoms with van der Waals surface area (Å²) < 4.78 is 4.96. The molecule has 26 heavy (non-hydrogen) atoms. The Morgan fingerprint density at radius 3 is 2.50 bits per heavy atom. The van der Waals surface area contributed by atoms with Crippen molar-refractivity contribution >= 4 is 34.9 Å². The van der Waals surface area contributed by atoms with E-state index in [0.29, 0.717) is 18.5 Å². The molecule has 7 heteroatoms. The number of carbonyl (C=O) groups is 3. The number of nitrogens with zero attached hydrogens (tertiary/aromatic N) is 1. The number of amides is 1. The lowest BCUT2D eigenvalue weighted by atomic mass is 10.1. The number of carbonyl (C=O) groups excluding carboxylic acids is 3. The number of hydrogen-bond donors (Lipinski definition) is 1. The van der Waals surface area contributed by atoms with Crippen LogP contribution in [0.1, 0.15) is 33.6 Å². The van der Waals surface area contributed by atoms with Gasteiger partial charge in [0.05, 0.1) is 0 Å². The van der Waals surface area contributed by atoms with Crippen LogP contribution in [0.2, 0.25) is 5.02 Å². The van der Waals surface area contributed by atoms with Crippen molar-refractivity contribution in [3.8, 4) is 5.75 Å². The highest BCUT2D eigenvalue weighted by molar-refractivity contribution is 6.30. The average molecular weight is 374 g/mol. The van der Waals surface area contributed by atoms with Gasteiger partial charge < -0.3 is 14.7 Å². The van der Waals surface area contributed by atoms with Crippen molar-refractivity contribution < 1.29 is 24.2 Å².